The van der Waals surface area contributed by atoms with Gasteiger partial charge in [-0.2, -0.15) is 5.10 Å². The van der Waals surface area contributed by atoms with E-state index in [2.05, 4.69) is 38.3 Å². The maximum Gasteiger partial charge on any atom is 0.276 e. The molecule has 0 bridgehead atoms. The molecule has 0 aliphatic rings. The van der Waals surface area contributed by atoms with E-state index in [1.807, 2.05) is 54.6 Å². The minimum Gasteiger partial charge on any atom is -0.489 e. The molecule has 0 radical (unpaired) electrons. The van der Waals surface area contributed by atoms with E-state index in [1.54, 1.807) is 13.2 Å². The number of halogens is 1. The Bertz CT molecular complexity index is 923. The maximum atomic E-state index is 12.3. The average molecular weight is 492 g/mol. The SMILES string of the molecule is Cn1ncc(I)c1C(=O)NC(=S)Nc1ccc(OCc2ccccc2)cc1. The summed E-state index contributed by atoms with van der Waals surface area (Å²) >= 11 is 7.27. The van der Waals surface area contributed by atoms with Crippen molar-refractivity contribution in [1.82, 2.24) is 15.1 Å². The van der Waals surface area contributed by atoms with E-state index in [4.69, 9.17) is 17.0 Å². The molecule has 2 N–H and O–H groups in total. The van der Waals surface area contributed by atoms with Crippen LogP contribution in [0.1, 0.15) is 16.1 Å². The molecular weight excluding hydrogens is 475 g/mol. The molecule has 0 aliphatic heterocycles. The van der Waals surface area contributed by atoms with Crippen molar-refractivity contribution in [3.05, 3.63) is 75.6 Å². The summed E-state index contributed by atoms with van der Waals surface area (Å²) in [5.41, 5.74) is 2.32. The molecule has 8 heteroatoms. The van der Waals surface area contributed by atoms with Crippen LogP contribution in [0.25, 0.3) is 0 Å². The minimum absolute atomic E-state index is 0.218. The predicted octanol–water partition coefficient (Wildman–Crippen LogP) is 3.73. The number of amides is 1. The normalized spacial score (nSPS) is 10.3. The van der Waals surface area contributed by atoms with Crippen LogP contribution < -0.4 is 15.4 Å². The summed E-state index contributed by atoms with van der Waals surface area (Å²) in [7, 11) is 1.71. The van der Waals surface area contributed by atoms with Gasteiger partial charge in [-0.15, -0.1) is 0 Å². The standard InChI is InChI=1S/C19H17IN4O2S/c1-24-17(16(20)11-21-24)18(25)23-19(27)22-14-7-9-15(10-8-14)26-12-13-5-3-2-4-6-13/h2-11H,12H2,1H3,(H2,22,23,25,27). The van der Waals surface area contributed by atoms with Gasteiger partial charge in [0, 0.05) is 12.7 Å². The maximum absolute atomic E-state index is 12.3. The zero-order valence-corrected chi connectivity index (χ0v) is 17.5. The number of anilines is 1. The van der Waals surface area contributed by atoms with Gasteiger partial charge < -0.3 is 10.1 Å². The van der Waals surface area contributed by atoms with E-state index in [-0.39, 0.29) is 11.0 Å². The minimum atomic E-state index is -0.306. The van der Waals surface area contributed by atoms with Crippen molar-refractivity contribution in [3.63, 3.8) is 0 Å². The topological polar surface area (TPSA) is 68.2 Å². The van der Waals surface area contributed by atoms with Crippen LogP contribution in [0.5, 0.6) is 5.75 Å². The highest BCUT2D eigenvalue weighted by atomic mass is 127. The zero-order chi connectivity index (χ0) is 19.2. The molecule has 1 aromatic heterocycles. The number of nitrogens with one attached hydrogen (secondary N) is 2. The average Bonchev–Trinajstić information content (AvgIpc) is 3.00. The molecule has 27 heavy (non-hydrogen) atoms. The number of nitrogens with zero attached hydrogens (tertiary/aromatic N) is 2. The molecule has 3 aromatic rings. The van der Waals surface area contributed by atoms with Crippen molar-refractivity contribution in [2.75, 3.05) is 5.32 Å². The Labute approximate surface area is 176 Å². The first-order chi connectivity index (χ1) is 13.0. The summed E-state index contributed by atoms with van der Waals surface area (Å²) in [4.78, 5) is 12.3. The summed E-state index contributed by atoms with van der Waals surface area (Å²) in [6.45, 7) is 0.505. The highest BCUT2D eigenvalue weighted by molar-refractivity contribution is 14.1. The van der Waals surface area contributed by atoms with Gasteiger partial charge in [-0.1, -0.05) is 30.3 Å². The van der Waals surface area contributed by atoms with Crippen LogP contribution in [0.15, 0.2) is 60.8 Å². The fourth-order valence-corrected chi connectivity index (χ4v) is 3.30. The highest BCUT2D eigenvalue weighted by Crippen LogP contribution is 2.17. The Balaban J connectivity index is 1.53. The summed E-state index contributed by atoms with van der Waals surface area (Å²) in [5, 5.41) is 9.91. The summed E-state index contributed by atoms with van der Waals surface area (Å²) in [6, 6.07) is 17.3. The van der Waals surface area contributed by atoms with E-state index in [9.17, 15) is 4.79 Å². The quantitative estimate of drug-likeness (QED) is 0.420. The largest absolute Gasteiger partial charge is 0.489 e. The number of thiocarbonyl (C=S) groups is 1. The monoisotopic (exact) mass is 492 g/mol. The van der Waals surface area contributed by atoms with Gasteiger partial charge in [-0.25, -0.2) is 0 Å². The molecule has 0 fully saturated rings. The van der Waals surface area contributed by atoms with Gasteiger partial charge in [0.1, 0.15) is 18.1 Å². The number of aromatic nitrogens is 2. The predicted molar refractivity (Wildman–Crippen MR) is 117 cm³/mol. The van der Waals surface area contributed by atoms with Crippen molar-refractivity contribution in [1.29, 1.82) is 0 Å². The van der Waals surface area contributed by atoms with Gasteiger partial charge in [-0.3, -0.25) is 14.8 Å². The molecular formula is C19H17IN4O2S. The van der Waals surface area contributed by atoms with Gasteiger partial charge >= 0.3 is 0 Å². The first kappa shape index (κ1) is 19.3. The molecule has 0 unspecified atom stereocenters. The fourth-order valence-electron chi connectivity index (χ4n) is 2.37. The molecule has 3 rings (SSSR count). The molecule has 0 atom stereocenters. The second-order valence-corrected chi connectivity index (χ2v) is 7.24. The number of carbonyl (C=O) groups is 1. The van der Waals surface area contributed by atoms with Crippen molar-refractivity contribution < 1.29 is 9.53 Å². The molecule has 138 valence electrons. The number of hydrogen-bond acceptors (Lipinski definition) is 4. The van der Waals surface area contributed by atoms with Crippen molar-refractivity contribution in [3.8, 4) is 5.75 Å². The van der Waals surface area contributed by atoms with Crippen LogP contribution in [-0.2, 0) is 13.7 Å². The smallest absolute Gasteiger partial charge is 0.276 e. The van der Waals surface area contributed by atoms with Gasteiger partial charge in [0.15, 0.2) is 5.11 Å². The van der Waals surface area contributed by atoms with E-state index >= 15 is 0 Å². The Kier molecular flexibility index (Phi) is 6.40. The summed E-state index contributed by atoms with van der Waals surface area (Å²) < 4.78 is 8.02. The number of carbonyl (C=O) groups excluding carboxylic acids is 1. The summed E-state index contributed by atoms with van der Waals surface area (Å²) in [6.07, 6.45) is 1.63. The third kappa shape index (κ3) is 5.27. The molecule has 0 spiro atoms. The Morgan fingerprint density at radius 1 is 1.19 bits per heavy atom. The Morgan fingerprint density at radius 2 is 1.89 bits per heavy atom. The van der Waals surface area contributed by atoms with Crippen molar-refractivity contribution >= 4 is 51.5 Å². The number of ether oxygens (including phenoxy) is 1. The second kappa shape index (κ2) is 8.96. The van der Waals surface area contributed by atoms with Gasteiger partial charge in [0.05, 0.1) is 9.77 Å². The lowest BCUT2D eigenvalue weighted by Gasteiger charge is -2.11. The van der Waals surface area contributed by atoms with Gasteiger partial charge in [0.25, 0.3) is 5.91 Å². The van der Waals surface area contributed by atoms with Gasteiger partial charge in [0.2, 0.25) is 0 Å². The van der Waals surface area contributed by atoms with Crippen molar-refractivity contribution in [2.24, 2.45) is 7.05 Å². The highest BCUT2D eigenvalue weighted by Gasteiger charge is 2.16. The van der Waals surface area contributed by atoms with Crippen LogP contribution in [-0.4, -0.2) is 20.8 Å². The van der Waals surface area contributed by atoms with E-state index in [0.717, 1.165) is 20.6 Å². The molecule has 0 saturated heterocycles. The zero-order valence-electron chi connectivity index (χ0n) is 14.5. The van der Waals surface area contributed by atoms with Crippen LogP contribution in [0.3, 0.4) is 0 Å². The van der Waals surface area contributed by atoms with Crippen LogP contribution in [0.2, 0.25) is 0 Å². The number of rotatable bonds is 5. The first-order valence-corrected chi connectivity index (χ1v) is 9.58. The third-order valence-corrected chi connectivity index (χ3v) is 4.69. The third-order valence-electron chi connectivity index (χ3n) is 3.70. The van der Waals surface area contributed by atoms with Crippen LogP contribution >= 0.6 is 34.8 Å². The van der Waals surface area contributed by atoms with E-state index < -0.39 is 0 Å². The lowest BCUT2D eigenvalue weighted by atomic mass is 10.2. The molecule has 0 aliphatic carbocycles. The van der Waals surface area contributed by atoms with Crippen LogP contribution in [0.4, 0.5) is 5.69 Å². The molecule has 2 aromatic carbocycles. The van der Waals surface area contributed by atoms with Crippen molar-refractivity contribution in [2.45, 2.75) is 6.61 Å². The molecule has 1 heterocycles. The lowest BCUT2D eigenvalue weighted by Crippen LogP contribution is -2.35. The van der Waals surface area contributed by atoms with Gasteiger partial charge in [-0.05, 0) is 64.6 Å². The first-order valence-electron chi connectivity index (χ1n) is 8.09. The van der Waals surface area contributed by atoms with Crippen LogP contribution in [0, 0.1) is 3.57 Å². The lowest BCUT2D eigenvalue weighted by molar-refractivity contribution is 0.0967. The number of benzene rings is 2. The van der Waals surface area contributed by atoms with E-state index in [1.165, 1.54) is 4.68 Å². The number of aryl methyl sites for hydroxylation is 1. The second-order valence-electron chi connectivity index (χ2n) is 5.67. The fraction of sp³-hybridized carbons (Fsp3) is 0.105. The summed E-state index contributed by atoms with van der Waals surface area (Å²) in [5.74, 6) is 0.448. The molecule has 6 nitrogen and oxygen atoms in total. The Hall–Kier alpha value is -2.46. The molecule has 1 amide bonds. The Morgan fingerprint density at radius 3 is 2.52 bits per heavy atom. The molecule has 0 saturated carbocycles. The number of hydrogen-bond donors (Lipinski definition) is 2. The van der Waals surface area contributed by atoms with E-state index in [0.29, 0.717) is 12.3 Å².